The third-order valence-corrected chi connectivity index (χ3v) is 2.35. The molecule has 0 amide bonds. The predicted molar refractivity (Wildman–Crippen MR) is 52.6 cm³/mol. The van der Waals surface area contributed by atoms with Gasteiger partial charge in [0, 0.05) is 6.92 Å². The summed E-state index contributed by atoms with van der Waals surface area (Å²) in [5, 5.41) is 8.58. The number of aliphatic carboxylic acids is 1. The predicted octanol–water partition coefficient (Wildman–Crippen LogP) is -0.157. The van der Waals surface area contributed by atoms with Crippen molar-refractivity contribution in [3.05, 3.63) is 18.6 Å². The Hall–Kier alpha value is -0.910. The maximum absolute atomic E-state index is 9.00. The number of aromatic nitrogens is 3. The Morgan fingerprint density at radius 1 is 1.57 bits per heavy atom. The van der Waals surface area contributed by atoms with E-state index in [1.165, 1.54) is 0 Å². The Balaban J connectivity index is 0.000000213. The molecular formula is C8H8N3NaO2. The summed E-state index contributed by atoms with van der Waals surface area (Å²) in [5.41, 5.74) is 0.944. The first-order valence-corrected chi connectivity index (χ1v) is 5.05. The Morgan fingerprint density at radius 2 is 2.21 bits per heavy atom. The van der Waals surface area contributed by atoms with Crippen molar-refractivity contribution in [1.82, 2.24) is 15.0 Å². The molecule has 0 radical (unpaired) electrons. The number of carboxylic acids is 1. The number of aromatic amines is 1. The van der Waals surface area contributed by atoms with Crippen LogP contribution in [0.15, 0.2) is 18.6 Å². The molecule has 2 aromatic heterocycles. The minimum absolute atomic E-state index is 0.833. The van der Waals surface area contributed by atoms with Crippen LogP contribution in [0.2, 0.25) is 0 Å². The zero-order valence-electron chi connectivity index (χ0n) is 7.98. The van der Waals surface area contributed by atoms with Crippen LogP contribution in [0.5, 0.6) is 0 Å². The molecule has 0 fully saturated rings. The molecule has 14 heavy (non-hydrogen) atoms. The van der Waals surface area contributed by atoms with Crippen molar-refractivity contribution in [3.8, 4) is 0 Å². The number of nitrogens with zero attached hydrogens (tertiary/aromatic N) is 2. The summed E-state index contributed by atoms with van der Waals surface area (Å²) in [6.07, 6.45) is 3.49. The van der Waals surface area contributed by atoms with Gasteiger partial charge in [0.05, 0.1) is 0 Å². The average Bonchev–Trinajstić information content (AvgIpc) is 2.52. The molecule has 0 spiro atoms. The molecule has 5 nitrogen and oxygen atoms in total. The van der Waals surface area contributed by atoms with Crippen LogP contribution in [-0.4, -0.2) is 54.0 Å². The molecule has 68 valence electrons. The van der Waals surface area contributed by atoms with Gasteiger partial charge in [0.2, 0.25) is 0 Å². The van der Waals surface area contributed by atoms with Gasteiger partial charge in [-0.1, -0.05) is 0 Å². The van der Waals surface area contributed by atoms with Gasteiger partial charge in [0.15, 0.2) is 0 Å². The molecule has 0 aliphatic carbocycles. The van der Waals surface area contributed by atoms with E-state index in [2.05, 4.69) is 15.0 Å². The Kier molecular flexibility index (Phi) is 4.06. The normalized spacial score (nSPS) is 9.36. The molecular weight excluding hydrogens is 193 g/mol. The molecule has 0 bridgehead atoms. The molecule has 0 aliphatic heterocycles. The summed E-state index contributed by atoms with van der Waals surface area (Å²) in [6.45, 7) is 1.08. The number of rotatable bonds is 0. The van der Waals surface area contributed by atoms with Crippen LogP contribution < -0.4 is 2.94 Å². The standard InChI is InChI=1S/C6H4N3.C2H4O2.Na/c1-2-8-6-5(1)3-7-4-9-6;1-2(3)4;/h1-2,4H,(H,7,8,9);1H3,(H,3,4);. The monoisotopic (exact) mass is 201 g/mol. The molecule has 6 heteroatoms. The van der Waals surface area contributed by atoms with Gasteiger partial charge in [-0.05, 0) is 0 Å². The van der Waals surface area contributed by atoms with E-state index in [4.69, 9.17) is 9.90 Å². The van der Waals surface area contributed by atoms with Gasteiger partial charge in [-0.15, -0.1) is 0 Å². The van der Waals surface area contributed by atoms with Crippen molar-refractivity contribution < 1.29 is 9.90 Å². The number of carboxylic acid groups (broad SMARTS) is 1. The van der Waals surface area contributed by atoms with Crippen LogP contribution in [0.1, 0.15) is 6.92 Å². The Morgan fingerprint density at radius 3 is 2.79 bits per heavy atom. The number of hydrogen-bond donors (Lipinski definition) is 2. The van der Waals surface area contributed by atoms with Crippen LogP contribution in [-0.2, 0) is 4.79 Å². The molecule has 0 unspecified atom stereocenters. The van der Waals surface area contributed by atoms with Crippen LogP contribution >= 0.6 is 0 Å². The molecule has 0 saturated heterocycles. The maximum atomic E-state index is 9.00. The summed E-state index contributed by atoms with van der Waals surface area (Å²) in [5.74, 6) is -0.833. The van der Waals surface area contributed by atoms with Crippen LogP contribution in [0, 0.1) is 0 Å². The second-order valence-corrected chi connectivity index (χ2v) is 3.67. The third-order valence-electron chi connectivity index (χ3n) is 1.55. The van der Waals surface area contributed by atoms with Gasteiger partial charge in [0.1, 0.15) is 0 Å². The summed E-state index contributed by atoms with van der Waals surface area (Å²) >= 11 is 0.981. The van der Waals surface area contributed by atoms with Crippen LogP contribution in [0.25, 0.3) is 11.0 Å². The van der Waals surface area contributed by atoms with Crippen molar-refractivity contribution in [3.63, 3.8) is 0 Å². The van der Waals surface area contributed by atoms with Crippen molar-refractivity contribution in [1.29, 1.82) is 0 Å². The van der Waals surface area contributed by atoms with E-state index in [9.17, 15) is 0 Å². The minimum atomic E-state index is -0.833. The van der Waals surface area contributed by atoms with E-state index in [0.717, 1.165) is 48.8 Å². The fourth-order valence-electron chi connectivity index (χ4n) is 1.00. The molecule has 2 aromatic rings. The fraction of sp³-hybridized carbons (Fsp3) is 0.125. The number of nitrogens with one attached hydrogen (secondary N) is 1. The summed E-state index contributed by atoms with van der Waals surface area (Å²) < 4.78 is 1.16. The Bertz CT molecular complexity index is 437. The molecule has 0 aromatic carbocycles. The number of fused-ring (bicyclic) bond motifs is 1. The third kappa shape index (κ3) is 3.10. The molecule has 2 N–H and O–H groups in total. The van der Waals surface area contributed by atoms with E-state index in [1.807, 2.05) is 12.3 Å². The van der Waals surface area contributed by atoms with E-state index >= 15 is 0 Å². The van der Waals surface area contributed by atoms with Crippen molar-refractivity contribution >= 4 is 47.9 Å². The number of hydrogen-bond acceptors (Lipinski definition) is 3. The molecule has 0 aliphatic rings. The van der Waals surface area contributed by atoms with Crippen molar-refractivity contribution in [2.24, 2.45) is 0 Å². The first-order chi connectivity index (χ1) is 6.61. The van der Waals surface area contributed by atoms with E-state index in [0.29, 0.717) is 0 Å². The molecule has 2 heterocycles. The zero-order valence-corrected chi connectivity index (χ0v) is 9.98. The summed E-state index contributed by atoms with van der Waals surface area (Å²) in [7, 11) is 0. The van der Waals surface area contributed by atoms with E-state index < -0.39 is 5.97 Å². The summed E-state index contributed by atoms with van der Waals surface area (Å²) in [4.78, 5) is 20.2. The zero-order chi connectivity index (χ0) is 10.6. The topological polar surface area (TPSA) is 78.9 Å². The van der Waals surface area contributed by atoms with Gasteiger partial charge in [-0.25, -0.2) is 0 Å². The molecule has 0 atom stereocenters. The molecule has 2 rings (SSSR count). The second-order valence-electron chi connectivity index (χ2n) is 2.72. The second kappa shape index (κ2) is 5.09. The van der Waals surface area contributed by atoms with E-state index in [1.54, 1.807) is 6.33 Å². The van der Waals surface area contributed by atoms with Gasteiger partial charge < -0.3 is 5.11 Å². The van der Waals surface area contributed by atoms with E-state index in [-0.39, 0.29) is 0 Å². The van der Waals surface area contributed by atoms with Crippen molar-refractivity contribution in [2.45, 2.75) is 6.92 Å². The van der Waals surface area contributed by atoms with Gasteiger partial charge in [0.25, 0.3) is 5.97 Å². The number of H-pyrrole nitrogens is 1. The first kappa shape index (κ1) is 11.2. The number of carbonyl (C=O) groups is 1. The first-order valence-electron chi connectivity index (χ1n) is 4.05. The van der Waals surface area contributed by atoms with Gasteiger partial charge in [-0.2, -0.15) is 0 Å². The summed E-state index contributed by atoms with van der Waals surface area (Å²) in [6, 6.07) is 2.01. The van der Waals surface area contributed by atoms with Crippen LogP contribution in [0.4, 0.5) is 0 Å². The quantitative estimate of drug-likeness (QED) is 0.580. The molecule has 0 saturated carbocycles. The van der Waals surface area contributed by atoms with Gasteiger partial charge >= 0.3 is 75.4 Å². The van der Waals surface area contributed by atoms with Gasteiger partial charge in [-0.3, -0.25) is 4.79 Å². The van der Waals surface area contributed by atoms with Crippen molar-refractivity contribution in [2.75, 3.05) is 0 Å². The van der Waals surface area contributed by atoms with Crippen LogP contribution in [0.3, 0.4) is 0 Å². The average molecular weight is 201 g/mol. The fourth-order valence-corrected chi connectivity index (χ4v) is 1.52. The Labute approximate surface area is 98.0 Å². The SMILES string of the molecule is CC(=O)O.[Na][c]1ncnc2[nH]ccc12.